The van der Waals surface area contributed by atoms with Crippen molar-refractivity contribution in [1.29, 1.82) is 0 Å². The van der Waals surface area contributed by atoms with Crippen molar-refractivity contribution in [3.63, 3.8) is 0 Å². The molecule has 0 fully saturated rings. The summed E-state index contributed by atoms with van der Waals surface area (Å²) in [6.45, 7) is 0. The Balaban J connectivity index is 0.969. The zero-order valence-corrected chi connectivity index (χ0v) is 33.4. The maximum Gasteiger partial charge on any atom is 0.0562 e. The van der Waals surface area contributed by atoms with Crippen LogP contribution >= 0.6 is 0 Å². The maximum atomic E-state index is 2.41. The minimum atomic E-state index is 1.09. The van der Waals surface area contributed by atoms with E-state index in [0.29, 0.717) is 0 Å². The van der Waals surface area contributed by atoms with E-state index in [9.17, 15) is 0 Å². The summed E-state index contributed by atoms with van der Waals surface area (Å²) in [6.07, 6.45) is 0. The Kier molecular flexibility index (Phi) is 8.17. The predicted molar refractivity (Wildman–Crippen MR) is 258 cm³/mol. The third-order valence-electron chi connectivity index (χ3n) is 12.3. The van der Waals surface area contributed by atoms with Gasteiger partial charge in [-0.2, -0.15) is 0 Å². The van der Waals surface area contributed by atoms with Crippen molar-refractivity contribution in [2.45, 2.75) is 0 Å². The Morgan fingerprint density at radius 3 is 1.33 bits per heavy atom. The van der Waals surface area contributed by atoms with Crippen molar-refractivity contribution < 1.29 is 0 Å². The lowest BCUT2D eigenvalue weighted by atomic mass is 10.0. The number of anilines is 3. The van der Waals surface area contributed by atoms with Crippen molar-refractivity contribution in [3.8, 4) is 33.6 Å². The van der Waals surface area contributed by atoms with Crippen LogP contribution in [0.25, 0.3) is 88.0 Å². The largest absolute Gasteiger partial charge is 0.310 e. The molecule has 2 aromatic heterocycles. The van der Waals surface area contributed by atoms with Crippen LogP contribution in [0.4, 0.5) is 17.1 Å². The summed E-state index contributed by atoms with van der Waals surface area (Å²) in [6, 6.07) is 85.8. The van der Waals surface area contributed by atoms with Gasteiger partial charge in [-0.1, -0.05) is 158 Å². The number of fused-ring (bicyclic) bond motifs is 8. The summed E-state index contributed by atoms with van der Waals surface area (Å²) in [5.74, 6) is 0. The average Bonchev–Trinajstić information content (AvgIpc) is 3.87. The topological polar surface area (TPSA) is 13.1 Å². The molecule has 0 radical (unpaired) electrons. The van der Waals surface area contributed by atoms with Gasteiger partial charge in [0.1, 0.15) is 0 Å². The molecule has 0 unspecified atom stereocenters. The van der Waals surface area contributed by atoms with Crippen LogP contribution in [0, 0.1) is 0 Å². The first kappa shape index (κ1) is 34.9. The molecule has 0 amide bonds. The molecule has 0 saturated heterocycles. The van der Waals surface area contributed by atoms with E-state index in [0.717, 1.165) is 28.4 Å². The molecule has 3 heteroatoms. The lowest BCUT2D eigenvalue weighted by Crippen LogP contribution is -2.10. The van der Waals surface area contributed by atoms with Gasteiger partial charge in [0.15, 0.2) is 0 Å². The fourth-order valence-electron chi connectivity index (χ4n) is 9.53. The third-order valence-corrected chi connectivity index (χ3v) is 12.3. The van der Waals surface area contributed by atoms with E-state index < -0.39 is 0 Å². The number of hydrogen-bond donors (Lipinski definition) is 0. The molecule has 0 aliphatic heterocycles. The molecular formula is C58H39N3. The summed E-state index contributed by atoms with van der Waals surface area (Å²) >= 11 is 0. The van der Waals surface area contributed by atoms with Gasteiger partial charge in [-0.3, -0.25) is 0 Å². The minimum Gasteiger partial charge on any atom is -0.310 e. The molecular weight excluding hydrogens is 739 g/mol. The molecule has 10 aromatic carbocycles. The molecule has 12 aromatic rings. The number of para-hydroxylation sites is 3. The molecule has 0 aliphatic carbocycles. The summed E-state index contributed by atoms with van der Waals surface area (Å²) < 4.78 is 4.79. The fraction of sp³-hybridized carbons (Fsp3) is 0. The molecule has 0 saturated carbocycles. The summed E-state index contributed by atoms with van der Waals surface area (Å²) in [7, 11) is 0. The number of aromatic nitrogens is 2. The maximum absolute atomic E-state index is 2.41. The molecule has 61 heavy (non-hydrogen) atoms. The van der Waals surface area contributed by atoms with E-state index in [1.165, 1.54) is 76.6 Å². The molecule has 0 aliphatic rings. The summed E-state index contributed by atoms with van der Waals surface area (Å²) in [5.41, 5.74) is 15.1. The van der Waals surface area contributed by atoms with Crippen LogP contribution in [0.5, 0.6) is 0 Å². The standard InChI is InChI=1S/C58H39N3/c1-3-14-40(15-4-1)41-26-33-46(34-27-41)59(54-24-13-25-55-58(54)51-21-10-12-23-53(51)60(55)45-17-5-2-6-18-45)47-35-28-42(29-36-47)43-30-37-48(38-31-43)61-52-22-11-9-20-50(52)57-49-19-8-7-16-44(49)32-39-56(57)61/h1-39H. The van der Waals surface area contributed by atoms with Crippen LogP contribution in [0.15, 0.2) is 237 Å². The van der Waals surface area contributed by atoms with Crippen LogP contribution < -0.4 is 4.90 Å². The van der Waals surface area contributed by atoms with Gasteiger partial charge in [0.2, 0.25) is 0 Å². The van der Waals surface area contributed by atoms with E-state index in [1.54, 1.807) is 0 Å². The van der Waals surface area contributed by atoms with Gasteiger partial charge in [-0.25, -0.2) is 0 Å². The molecule has 12 rings (SSSR count). The van der Waals surface area contributed by atoms with Gasteiger partial charge in [0.05, 0.1) is 27.8 Å². The van der Waals surface area contributed by atoms with E-state index >= 15 is 0 Å². The fourth-order valence-corrected chi connectivity index (χ4v) is 9.53. The van der Waals surface area contributed by atoms with Crippen molar-refractivity contribution >= 4 is 71.4 Å². The quantitative estimate of drug-likeness (QED) is 0.157. The first-order chi connectivity index (χ1) is 30.3. The van der Waals surface area contributed by atoms with Gasteiger partial charge in [-0.05, 0) is 112 Å². The first-order valence-electron chi connectivity index (χ1n) is 20.9. The monoisotopic (exact) mass is 777 g/mol. The zero-order valence-electron chi connectivity index (χ0n) is 33.4. The Morgan fingerprint density at radius 2 is 0.705 bits per heavy atom. The lowest BCUT2D eigenvalue weighted by Gasteiger charge is -2.27. The molecule has 2 heterocycles. The smallest absolute Gasteiger partial charge is 0.0562 e. The van der Waals surface area contributed by atoms with Crippen molar-refractivity contribution in [2.24, 2.45) is 0 Å². The van der Waals surface area contributed by atoms with E-state index in [2.05, 4.69) is 251 Å². The zero-order chi connectivity index (χ0) is 40.3. The molecule has 286 valence electrons. The lowest BCUT2D eigenvalue weighted by molar-refractivity contribution is 1.18. The summed E-state index contributed by atoms with van der Waals surface area (Å²) in [4.78, 5) is 2.41. The minimum absolute atomic E-state index is 1.09. The highest BCUT2D eigenvalue weighted by Crippen LogP contribution is 2.45. The first-order valence-corrected chi connectivity index (χ1v) is 20.9. The normalized spacial score (nSPS) is 11.6. The van der Waals surface area contributed by atoms with Crippen LogP contribution in [0.3, 0.4) is 0 Å². The van der Waals surface area contributed by atoms with Gasteiger partial charge >= 0.3 is 0 Å². The highest BCUT2D eigenvalue weighted by Gasteiger charge is 2.21. The molecule has 0 bridgehead atoms. The van der Waals surface area contributed by atoms with Crippen LogP contribution in [-0.4, -0.2) is 9.13 Å². The highest BCUT2D eigenvalue weighted by molar-refractivity contribution is 6.21. The Bertz CT molecular complexity index is 3540. The second kappa shape index (κ2) is 14.3. The van der Waals surface area contributed by atoms with Gasteiger partial charge in [-0.15, -0.1) is 0 Å². The van der Waals surface area contributed by atoms with Crippen molar-refractivity contribution in [3.05, 3.63) is 237 Å². The number of nitrogens with zero attached hydrogens (tertiary/aromatic N) is 3. The number of hydrogen-bond acceptors (Lipinski definition) is 1. The molecule has 3 nitrogen and oxygen atoms in total. The number of benzene rings is 10. The number of rotatable bonds is 7. The average molecular weight is 778 g/mol. The van der Waals surface area contributed by atoms with E-state index in [4.69, 9.17) is 0 Å². The van der Waals surface area contributed by atoms with E-state index in [1.807, 2.05) is 0 Å². The SMILES string of the molecule is c1ccc(-c2ccc(N(c3ccc(-c4ccc(-n5c6ccccc6c6c7ccccc7ccc65)cc4)cc3)c3cccc4c3c3ccccc3n4-c3ccccc3)cc2)cc1. The molecule has 0 N–H and O–H groups in total. The van der Waals surface area contributed by atoms with E-state index in [-0.39, 0.29) is 0 Å². The summed E-state index contributed by atoms with van der Waals surface area (Å²) in [5, 5.41) is 7.55. The van der Waals surface area contributed by atoms with Crippen LogP contribution in [0.2, 0.25) is 0 Å². The van der Waals surface area contributed by atoms with Crippen LogP contribution in [-0.2, 0) is 0 Å². The second-order valence-corrected chi connectivity index (χ2v) is 15.7. The Morgan fingerprint density at radius 1 is 0.262 bits per heavy atom. The van der Waals surface area contributed by atoms with Gasteiger partial charge in [0.25, 0.3) is 0 Å². The van der Waals surface area contributed by atoms with Gasteiger partial charge < -0.3 is 14.0 Å². The third kappa shape index (κ3) is 5.74. The van der Waals surface area contributed by atoms with Crippen molar-refractivity contribution in [1.82, 2.24) is 9.13 Å². The Labute approximate surface area is 354 Å². The van der Waals surface area contributed by atoms with Gasteiger partial charge in [0, 0.05) is 44.3 Å². The highest BCUT2D eigenvalue weighted by atomic mass is 15.1. The second-order valence-electron chi connectivity index (χ2n) is 15.7. The van der Waals surface area contributed by atoms with Crippen LogP contribution in [0.1, 0.15) is 0 Å². The Hall–Kier alpha value is -8.14. The predicted octanol–water partition coefficient (Wildman–Crippen LogP) is 15.8. The van der Waals surface area contributed by atoms with Crippen molar-refractivity contribution in [2.75, 3.05) is 4.90 Å². The molecule has 0 atom stereocenters. The molecule has 0 spiro atoms.